The van der Waals surface area contributed by atoms with E-state index in [0.29, 0.717) is 22.8 Å². The highest BCUT2D eigenvalue weighted by atomic mass is 35.5. The predicted octanol–water partition coefficient (Wildman–Crippen LogP) is 5.28. The van der Waals surface area contributed by atoms with E-state index in [-0.39, 0.29) is 18.9 Å². The number of sulfonamides is 1. The Morgan fingerprint density at radius 1 is 0.950 bits per heavy atom. The minimum atomic E-state index is -3.82. The number of carbonyl (C=O) groups excluding carboxylic acids is 2. The summed E-state index contributed by atoms with van der Waals surface area (Å²) in [5, 5.41) is 3.43. The van der Waals surface area contributed by atoms with E-state index in [1.54, 1.807) is 30.3 Å². The van der Waals surface area contributed by atoms with E-state index in [1.165, 1.54) is 4.90 Å². The van der Waals surface area contributed by atoms with Crippen molar-refractivity contribution < 1.29 is 18.0 Å². The third kappa shape index (κ3) is 8.57. The Balaban J connectivity index is 2.05. The van der Waals surface area contributed by atoms with E-state index in [1.807, 2.05) is 63.2 Å². The molecule has 0 aliphatic carbocycles. The molecular weight excluding hydrogens is 546 g/mol. The van der Waals surface area contributed by atoms with Gasteiger partial charge in [0.2, 0.25) is 21.8 Å². The van der Waals surface area contributed by atoms with Gasteiger partial charge in [-0.3, -0.25) is 13.9 Å². The molecule has 0 aliphatic heterocycles. The second-order valence-electron chi connectivity index (χ2n) is 10.0. The largest absolute Gasteiger partial charge is 0.354 e. The lowest BCUT2D eigenvalue weighted by molar-refractivity contribution is -0.140. The minimum Gasteiger partial charge on any atom is -0.354 e. The number of hydrogen-bond acceptors (Lipinski definition) is 4. The maximum Gasteiger partial charge on any atom is 0.244 e. The van der Waals surface area contributed by atoms with E-state index in [0.717, 1.165) is 40.1 Å². The number of aryl methyl sites for hydroxylation is 2. The van der Waals surface area contributed by atoms with Gasteiger partial charge in [-0.15, -0.1) is 0 Å². The lowest BCUT2D eigenvalue weighted by Gasteiger charge is -2.33. The fraction of sp³-hybridized carbons (Fsp3) is 0.355. The van der Waals surface area contributed by atoms with Crippen molar-refractivity contribution in [2.24, 2.45) is 0 Å². The number of unbranched alkanes of at least 4 members (excludes halogenated alkanes) is 1. The first kappa shape index (κ1) is 31.2. The number of nitrogens with one attached hydrogen (secondary N) is 1. The molecule has 0 spiro atoms. The summed E-state index contributed by atoms with van der Waals surface area (Å²) in [5.41, 5.74) is 3.85. The summed E-state index contributed by atoms with van der Waals surface area (Å²) < 4.78 is 26.9. The Kier molecular flexibility index (Phi) is 11.2. The molecule has 0 heterocycles. The molecule has 9 heteroatoms. The van der Waals surface area contributed by atoms with Crippen molar-refractivity contribution in [2.75, 3.05) is 23.7 Å². The fourth-order valence-electron chi connectivity index (χ4n) is 4.36. The molecule has 3 aromatic carbocycles. The Morgan fingerprint density at radius 2 is 1.62 bits per heavy atom. The maximum absolute atomic E-state index is 14.1. The number of hydrogen-bond donors (Lipinski definition) is 1. The second-order valence-corrected chi connectivity index (χ2v) is 12.3. The highest BCUT2D eigenvalue weighted by Gasteiger charge is 2.33. The summed E-state index contributed by atoms with van der Waals surface area (Å²) in [5.74, 6) is -0.801. The van der Waals surface area contributed by atoms with Crippen LogP contribution < -0.4 is 9.62 Å². The third-order valence-electron chi connectivity index (χ3n) is 6.86. The van der Waals surface area contributed by atoms with E-state index < -0.39 is 28.5 Å². The number of carbonyl (C=O) groups is 2. The molecule has 3 aromatic rings. The standard InChI is InChI=1S/C31H38ClN3O4S/c1-5-6-18-33-31(37)29(20-25-12-8-7-9-13-25)34(21-26-14-10-11-15-28(26)32)30(36)22-35(40(4,38)39)27-17-16-23(2)24(3)19-27/h7-17,19,29H,5-6,18,20-22H2,1-4H3,(H,33,37)/t29-/m0/s1. The second kappa shape index (κ2) is 14.3. The van der Waals surface area contributed by atoms with Gasteiger partial charge < -0.3 is 10.2 Å². The molecular formula is C31H38ClN3O4S. The smallest absolute Gasteiger partial charge is 0.244 e. The number of anilines is 1. The zero-order valence-electron chi connectivity index (χ0n) is 23.6. The summed E-state index contributed by atoms with van der Waals surface area (Å²) in [6.07, 6.45) is 3.05. The molecule has 0 bridgehead atoms. The molecule has 2 amide bonds. The van der Waals surface area contributed by atoms with Crippen molar-refractivity contribution >= 4 is 39.1 Å². The zero-order valence-corrected chi connectivity index (χ0v) is 25.1. The highest BCUT2D eigenvalue weighted by molar-refractivity contribution is 7.92. The average Bonchev–Trinajstić information content (AvgIpc) is 2.91. The fourth-order valence-corrected chi connectivity index (χ4v) is 5.40. The van der Waals surface area contributed by atoms with Gasteiger partial charge in [0, 0.05) is 24.5 Å². The first-order valence-electron chi connectivity index (χ1n) is 13.4. The van der Waals surface area contributed by atoms with Gasteiger partial charge in [0.25, 0.3) is 0 Å². The number of amides is 2. The minimum absolute atomic E-state index is 0.0434. The summed E-state index contributed by atoms with van der Waals surface area (Å²) in [7, 11) is -3.82. The topological polar surface area (TPSA) is 86.8 Å². The van der Waals surface area contributed by atoms with Crippen LogP contribution in [0.5, 0.6) is 0 Å². The monoisotopic (exact) mass is 583 g/mol. The first-order chi connectivity index (χ1) is 19.0. The molecule has 1 atom stereocenters. The Morgan fingerprint density at radius 3 is 2.25 bits per heavy atom. The van der Waals surface area contributed by atoms with Crippen LogP contribution in [0.3, 0.4) is 0 Å². The van der Waals surface area contributed by atoms with Crippen LogP contribution in [0.1, 0.15) is 42.0 Å². The van der Waals surface area contributed by atoms with Crippen LogP contribution in [0, 0.1) is 13.8 Å². The van der Waals surface area contributed by atoms with Crippen LogP contribution in [0.25, 0.3) is 0 Å². The van der Waals surface area contributed by atoms with Crippen LogP contribution in [-0.2, 0) is 32.6 Å². The number of halogens is 1. The number of nitrogens with zero attached hydrogens (tertiary/aromatic N) is 2. The zero-order chi connectivity index (χ0) is 29.3. The Bertz CT molecular complexity index is 1410. The third-order valence-corrected chi connectivity index (χ3v) is 8.37. The van der Waals surface area contributed by atoms with Crippen molar-refractivity contribution in [1.29, 1.82) is 0 Å². The van der Waals surface area contributed by atoms with Gasteiger partial charge in [0.15, 0.2) is 0 Å². The molecule has 0 saturated carbocycles. The molecule has 214 valence electrons. The van der Waals surface area contributed by atoms with Crippen LogP contribution in [0.15, 0.2) is 72.8 Å². The van der Waals surface area contributed by atoms with Crippen molar-refractivity contribution in [2.45, 2.75) is 52.6 Å². The summed E-state index contributed by atoms with van der Waals surface area (Å²) in [6.45, 7) is 5.92. The first-order valence-corrected chi connectivity index (χ1v) is 15.6. The molecule has 0 aliphatic rings. The number of rotatable bonds is 13. The van der Waals surface area contributed by atoms with Gasteiger partial charge in [0.1, 0.15) is 12.6 Å². The average molecular weight is 584 g/mol. The molecule has 3 rings (SSSR count). The maximum atomic E-state index is 14.1. The molecule has 0 unspecified atom stereocenters. The van der Waals surface area contributed by atoms with E-state index in [2.05, 4.69) is 5.32 Å². The molecule has 0 fully saturated rings. The molecule has 7 nitrogen and oxygen atoms in total. The van der Waals surface area contributed by atoms with Gasteiger partial charge in [-0.2, -0.15) is 0 Å². The van der Waals surface area contributed by atoms with E-state index in [4.69, 9.17) is 11.6 Å². The van der Waals surface area contributed by atoms with Crippen molar-refractivity contribution in [3.63, 3.8) is 0 Å². The lowest BCUT2D eigenvalue weighted by Crippen LogP contribution is -2.53. The summed E-state index contributed by atoms with van der Waals surface area (Å²) >= 11 is 6.48. The summed E-state index contributed by atoms with van der Waals surface area (Å²) in [6, 6.07) is 21.0. The summed E-state index contributed by atoms with van der Waals surface area (Å²) in [4.78, 5) is 29.2. The number of benzene rings is 3. The van der Waals surface area contributed by atoms with Gasteiger partial charge in [-0.25, -0.2) is 8.42 Å². The van der Waals surface area contributed by atoms with Crippen molar-refractivity contribution in [3.05, 3.63) is 100 Å². The highest BCUT2D eigenvalue weighted by Crippen LogP contribution is 2.24. The van der Waals surface area contributed by atoms with Crippen LogP contribution in [0.2, 0.25) is 5.02 Å². The van der Waals surface area contributed by atoms with Gasteiger partial charge >= 0.3 is 0 Å². The van der Waals surface area contributed by atoms with E-state index in [9.17, 15) is 18.0 Å². The SMILES string of the molecule is CCCCNC(=O)[C@H](Cc1ccccc1)N(Cc1ccccc1Cl)C(=O)CN(c1ccc(C)c(C)c1)S(C)(=O)=O. The van der Waals surface area contributed by atoms with Gasteiger partial charge in [-0.1, -0.05) is 79.5 Å². The van der Waals surface area contributed by atoms with Crippen LogP contribution in [-0.4, -0.2) is 50.5 Å². The lowest BCUT2D eigenvalue weighted by atomic mass is 10.0. The van der Waals surface area contributed by atoms with Gasteiger partial charge in [-0.05, 0) is 60.7 Å². The Labute approximate surface area is 243 Å². The van der Waals surface area contributed by atoms with E-state index >= 15 is 0 Å². The molecule has 1 N–H and O–H groups in total. The van der Waals surface area contributed by atoms with Crippen LogP contribution in [0.4, 0.5) is 5.69 Å². The quantitative estimate of drug-likeness (QED) is 0.277. The molecule has 40 heavy (non-hydrogen) atoms. The molecule has 0 aromatic heterocycles. The Hall–Kier alpha value is -3.36. The normalized spacial score (nSPS) is 12.0. The molecule has 0 radical (unpaired) electrons. The predicted molar refractivity (Wildman–Crippen MR) is 162 cm³/mol. The van der Waals surface area contributed by atoms with Crippen molar-refractivity contribution in [1.82, 2.24) is 10.2 Å². The van der Waals surface area contributed by atoms with Gasteiger partial charge in [0.05, 0.1) is 11.9 Å². The van der Waals surface area contributed by atoms with Crippen molar-refractivity contribution in [3.8, 4) is 0 Å². The molecule has 0 saturated heterocycles. The van der Waals surface area contributed by atoms with Crippen LogP contribution >= 0.6 is 11.6 Å².